The van der Waals surface area contributed by atoms with Crippen LogP contribution in [0.4, 0.5) is 11.4 Å². The van der Waals surface area contributed by atoms with Gasteiger partial charge in [-0.05, 0) is 42.8 Å². The molecule has 2 heterocycles. The van der Waals surface area contributed by atoms with Crippen molar-refractivity contribution in [3.05, 3.63) is 88.5 Å². The molecule has 5 rings (SSSR count). The monoisotopic (exact) mass is 604 g/mol. The zero-order valence-electron chi connectivity index (χ0n) is 24.7. The Hall–Kier alpha value is -4.31. The molecule has 236 valence electrons. The minimum Gasteiger partial charge on any atom is -0.490 e. The lowest BCUT2D eigenvalue weighted by atomic mass is 10.1. The van der Waals surface area contributed by atoms with Gasteiger partial charge in [0, 0.05) is 82.9 Å². The highest BCUT2D eigenvalue weighted by molar-refractivity contribution is 5.76. The quantitative estimate of drug-likeness (QED) is 0.189. The summed E-state index contributed by atoms with van der Waals surface area (Å²) >= 11 is 0. The molecule has 2 aliphatic heterocycles. The molecule has 3 aromatic carbocycles. The molecular weight excluding hydrogens is 560 g/mol. The Morgan fingerprint density at radius 1 is 0.886 bits per heavy atom. The molecule has 0 unspecified atom stereocenters. The Kier molecular flexibility index (Phi) is 11.8. The summed E-state index contributed by atoms with van der Waals surface area (Å²) < 4.78 is 17.4. The molecule has 0 radical (unpaired) electrons. The Morgan fingerprint density at radius 2 is 1.57 bits per heavy atom. The molecule has 0 N–H and O–H groups in total. The van der Waals surface area contributed by atoms with E-state index in [0.717, 1.165) is 56.9 Å². The molecule has 0 aromatic heterocycles. The van der Waals surface area contributed by atoms with Gasteiger partial charge in [-0.15, -0.1) is 0 Å². The highest BCUT2D eigenvalue weighted by atomic mass is 16.6. The van der Waals surface area contributed by atoms with Crippen LogP contribution in [0.15, 0.2) is 72.8 Å². The van der Waals surface area contributed by atoms with Gasteiger partial charge >= 0.3 is 5.69 Å². The minimum absolute atomic E-state index is 0. The summed E-state index contributed by atoms with van der Waals surface area (Å²) in [4.78, 5) is 30.4. The predicted octanol–water partition coefficient (Wildman–Crippen LogP) is 5.79. The Balaban J connectivity index is 0.00000442. The minimum atomic E-state index is -0.457. The van der Waals surface area contributed by atoms with E-state index in [2.05, 4.69) is 34.1 Å². The summed E-state index contributed by atoms with van der Waals surface area (Å²) in [5.74, 6) is 1.80. The molecule has 0 aliphatic carbocycles. The summed E-state index contributed by atoms with van der Waals surface area (Å²) in [6.07, 6.45) is 1.92. The number of nitro benzene ring substituents is 1. The number of likely N-dealkylation sites (tertiary alicyclic amines) is 1. The second kappa shape index (κ2) is 16.0. The summed E-state index contributed by atoms with van der Waals surface area (Å²) in [7, 11) is 0. The number of piperazine rings is 1. The van der Waals surface area contributed by atoms with Crippen LogP contribution in [0, 0.1) is 10.1 Å². The van der Waals surface area contributed by atoms with E-state index in [0.29, 0.717) is 38.5 Å². The number of piperidine rings is 1. The summed E-state index contributed by atoms with van der Waals surface area (Å²) in [5.41, 5.74) is 2.27. The first-order valence-corrected chi connectivity index (χ1v) is 15.1. The number of benzene rings is 3. The number of nitro groups is 1. The van der Waals surface area contributed by atoms with Crippen LogP contribution in [-0.4, -0.2) is 79.2 Å². The van der Waals surface area contributed by atoms with E-state index < -0.39 is 4.92 Å². The van der Waals surface area contributed by atoms with E-state index in [9.17, 15) is 14.9 Å². The first-order chi connectivity index (χ1) is 21.0. The number of nitrogens with zero attached hydrogens (tertiary/aromatic N) is 4. The van der Waals surface area contributed by atoms with Crippen LogP contribution in [0.2, 0.25) is 0 Å². The largest absolute Gasteiger partial charge is 0.490 e. The molecule has 0 atom stereocenters. The van der Waals surface area contributed by atoms with Gasteiger partial charge in [-0.2, -0.15) is 0 Å². The maximum atomic E-state index is 12.9. The smallest absolute Gasteiger partial charge is 0.311 e. The van der Waals surface area contributed by atoms with Crippen LogP contribution in [-0.2, 0) is 11.4 Å². The third kappa shape index (κ3) is 8.86. The van der Waals surface area contributed by atoms with E-state index in [1.165, 1.54) is 11.8 Å². The molecule has 10 nitrogen and oxygen atoms in total. The van der Waals surface area contributed by atoms with Crippen molar-refractivity contribution < 1.29 is 23.9 Å². The fourth-order valence-electron chi connectivity index (χ4n) is 5.54. The number of hydrogen-bond donors (Lipinski definition) is 0. The molecule has 1 amide bonds. The van der Waals surface area contributed by atoms with Crippen LogP contribution >= 0.6 is 0 Å². The van der Waals surface area contributed by atoms with Crippen LogP contribution in [0.5, 0.6) is 17.2 Å². The number of anilines is 1. The fraction of sp³-hybridized carbons (Fsp3) is 0.441. The number of carbonyl (C=O) groups excluding carboxylic acids is 1. The molecule has 0 spiro atoms. The first-order valence-electron chi connectivity index (χ1n) is 15.1. The molecule has 2 aliphatic rings. The average molecular weight is 605 g/mol. The number of rotatable bonds is 12. The Morgan fingerprint density at radius 3 is 2.23 bits per heavy atom. The summed E-state index contributed by atoms with van der Waals surface area (Å²) in [5, 5.41) is 11.2. The van der Waals surface area contributed by atoms with Gasteiger partial charge in [-0.1, -0.05) is 37.8 Å². The normalized spacial score (nSPS) is 15.8. The number of amides is 1. The molecule has 2 saturated heterocycles. The van der Waals surface area contributed by atoms with Gasteiger partial charge in [-0.25, -0.2) is 0 Å². The first kappa shape index (κ1) is 32.6. The zero-order valence-corrected chi connectivity index (χ0v) is 24.7. The Bertz CT molecular complexity index is 1340. The van der Waals surface area contributed by atoms with Gasteiger partial charge in [0.2, 0.25) is 11.7 Å². The van der Waals surface area contributed by atoms with Crippen LogP contribution in [0.25, 0.3) is 0 Å². The molecule has 44 heavy (non-hydrogen) atoms. The van der Waals surface area contributed by atoms with Crippen LogP contribution < -0.4 is 19.1 Å². The van der Waals surface area contributed by atoms with E-state index in [-0.39, 0.29) is 30.9 Å². The van der Waals surface area contributed by atoms with Crippen molar-refractivity contribution in [1.29, 1.82) is 0 Å². The van der Waals surface area contributed by atoms with Crippen molar-refractivity contribution in [3.63, 3.8) is 0 Å². The molecular formula is C34H44N4O6. The van der Waals surface area contributed by atoms with E-state index in [4.69, 9.17) is 14.2 Å². The van der Waals surface area contributed by atoms with E-state index in [1.54, 1.807) is 19.1 Å². The summed E-state index contributed by atoms with van der Waals surface area (Å²) in [6.45, 7) is 8.43. The second-order valence-electron chi connectivity index (χ2n) is 10.9. The average Bonchev–Trinajstić information content (AvgIpc) is 3.04. The molecule has 0 saturated carbocycles. The van der Waals surface area contributed by atoms with Gasteiger partial charge < -0.3 is 24.0 Å². The number of ether oxygens (including phenoxy) is 3. The molecule has 0 bridgehead atoms. The van der Waals surface area contributed by atoms with Gasteiger partial charge in [-0.3, -0.25) is 19.8 Å². The van der Waals surface area contributed by atoms with Gasteiger partial charge in [0.25, 0.3) is 0 Å². The van der Waals surface area contributed by atoms with Gasteiger partial charge in [0.15, 0.2) is 0 Å². The lowest BCUT2D eigenvalue weighted by Gasteiger charge is -2.37. The van der Waals surface area contributed by atoms with Gasteiger partial charge in [0.05, 0.1) is 11.5 Å². The summed E-state index contributed by atoms with van der Waals surface area (Å²) in [6, 6.07) is 23.0. The maximum absolute atomic E-state index is 12.9. The second-order valence-corrected chi connectivity index (χ2v) is 10.9. The maximum Gasteiger partial charge on any atom is 0.311 e. The number of hydrogen-bond acceptors (Lipinski definition) is 8. The molecule has 2 fully saturated rings. The van der Waals surface area contributed by atoms with Crippen molar-refractivity contribution >= 4 is 17.3 Å². The molecule has 3 aromatic rings. The standard InChI is InChI=1S/C33H40N4O6.CH4/c1-2-41-32-24-30(12-13-31(32)37(39)40)43-29-14-18-36(19-15-29)33(38)16-17-34-20-22-35(23-21-34)27-8-10-28(11-9-27)42-25-26-6-4-3-5-7-26;/h3-13,24,29H,2,14-23,25H2,1H3;1H4. The van der Waals surface area contributed by atoms with Crippen molar-refractivity contribution in [1.82, 2.24) is 9.80 Å². The fourth-order valence-corrected chi connectivity index (χ4v) is 5.54. The lowest BCUT2D eigenvalue weighted by molar-refractivity contribution is -0.385. The number of carbonyl (C=O) groups is 1. The third-order valence-electron chi connectivity index (χ3n) is 7.99. The third-order valence-corrected chi connectivity index (χ3v) is 7.99. The van der Waals surface area contributed by atoms with Crippen molar-refractivity contribution in [2.75, 3.05) is 57.3 Å². The SMILES string of the molecule is C.CCOc1cc(OC2CCN(C(=O)CCN3CCN(c4ccc(OCc5ccccc5)cc4)CC3)CC2)ccc1[N+](=O)[O-]. The highest BCUT2D eigenvalue weighted by Crippen LogP contribution is 2.32. The topological polar surface area (TPSA) is 97.6 Å². The van der Waals surface area contributed by atoms with E-state index >= 15 is 0 Å². The van der Waals surface area contributed by atoms with Crippen molar-refractivity contribution in [2.24, 2.45) is 0 Å². The van der Waals surface area contributed by atoms with Crippen LogP contribution in [0.3, 0.4) is 0 Å². The molecule has 10 heteroatoms. The van der Waals surface area contributed by atoms with Crippen molar-refractivity contribution in [3.8, 4) is 17.2 Å². The van der Waals surface area contributed by atoms with Gasteiger partial charge in [0.1, 0.15) is 24.2 Å². The van der Waals surface area contributed by atoms with Crippen LogP contribution in [0.1, 0.15) is 39.2 Å². The highest BCUT2D eigenvalue weighted by Gasteiger charge is 2.26. The lowest BCUT2D eigenvalue weighted by Crippen LogP contribution is -2.48. The predicted molar refractivity (Wildman–Crippen MR) is 172 cm³/mol. The van der Waals surface area contributed by atoms with E-state index in [1.807, 2.05) is 35.2 Å². The van der Waals surface area contributed by atoms with Crippen molar-refractivity contribution in [2.45, 2.75) is 46.3 Å². The Labute approximate surface area is 260 Å². The zero-order chi connectivity index (χ0) is 30.0.